The zero-order chi connectivity index (χ0) is 20.3. The van der Waals surface area contributed by atoms with Crippen LogP contribution < -0.4 is 5.32 Å². The van der Waals surface area contributed by atoms with Crippen LogP contribution in [-0.2, 0) is 21.5 Å². The fraction of sp³-hybridized carbons (Fsp3) is 0.316. The van der Waals surface area contributed by atoms with Crippen LogP contribution in [0.1, 0.15) is 17.5 Å². The second kappa shape index (κ2) is 8.57. The average molecular weight is 426 g/mol. The molecule has 0 radical (unpaired) electrons. The van der Waals surface area contributed by atoms with E-state index < -0.39 is 21.9 Å². The highest BCUT2D eigenvalue weighted by Crippen LogP contribution is 2.24. The Hall–Kier alpha value is -2.00. The zero-order valence-electron chi connectivity index (χ0n) is 15.4. The summed E-state index contributed by atoms with van der Waals surface area (Å²) in [6.07, 6.45) is 0.553. The van der Waals surface area contributed by atoms with Crippen molar-refractivity contribution in [2.24, 2.45) is 0 Å². The molecule has 1 saturated heterocycles. The molecule has 28 heavy (non-hydrogen) atoms. The second-order valence-electron chi connectivity index (χ2n) is 6.58. The van der Waals surface area contributed by atoms with E-state index in [0.717, 1.165) is 4.31 Å². The maximum atomic E-state index is 13.9. The highest BCUT2D eigenvalue weighted by atomic mass is 35.5. The van der Waals surface area contributed by atoms with Crippen molar-refractivity contribution in [3.8, 4) is 0 Å². The van der Waals surface area contributed by atoms with Gasteiger partial charge in [-0.3, -0.25) is 4.79 Å². The number of hydrogen-bond acceptors (Lipinski definition) is 3. The molecule has 9 heteroatoms. The lowest BCUT2D eigenvalue weighted by atomic mass is 10.2. The van der Waals surface area contributed by atoms with Crippen LogP contribution in [0.5, 0.6) is 0 Å². The summed E-state index contributed by atoms with van der Waals surface area (Å²) in [6.45, 7) is 1.90. The van der Waals surface area contributed by atoms with Gasteiger partial charge in [0.05, 0.1) is 6.54 Å². The van der Waals surface area contributed by atoms with E-state index in [1.807, 2.05) is 0 Å². The van der Waals surface area contributed by atoms with Crippen molar-refractivity contribution in [2.75, 3.05) is 25.0 Å². The van der Waals surface area contributed by atoms with Gasteiger partial charge in [-0.2, -0.15) is 17.0 Å². The Morgan fingerprint density at radius 1 is 1.14 bits per heavy atom. The largest absolute Gasteiger partial charge is 0.325 e. The van der Waals surface area contributed by atoms with E-state index in [1.165, 1.54) is 10.4 Å². The van der Waals surface area contributed by atoms with Gasteiger partial charge < -0.3 is 5.32 Å². The number of rotatable bonds is 5. The fourth-order valence-corrected chi connectivity index (χ4v) is 4.85. The molecule has 1 fully saturated rings. The molecule has 6 nitrogen and oxygen atoms in total. The number of nitrogens with one attached hydrogen (secondary N) is 1. The molecular formula is C19H21ClFN3O3S. The topological polar surface area (TPSA) is 69.7 Å². The molecule has 3 rings (SSSR count). The Bertz CT molecular complexity index is 984. The van der Waals surface area contributed by atoms with Crippen molar-refractivity contribution in [2.45, 2.75) is 19.9 Å². The van der Waals surface area contributed by atoms with Gasteiger partial charge in [0.1, 0.15) is 5.82 Å². The molecule has 1 heterocycles. The van der Waals surface area contributed by atoms with Gasteiger partial charge in [0.2, 0.25) is 5.91 Å². The number of amides is 1. The molecule has 2 aromatic carbocycles. The number of benzene rings is 2. The van der Waals surface area contributed by atoms with Crippen molar-refractivity contribution >= 4 is 33.4 Å². The molecule has 1 aliphatic heterocycles. The van der Waals surface area contributed by atoms with Crippen LogP contribution in [0.4, 0.5) is 10.1 Å². The van der Waals surface area contributed by atoms with Crippen LogP contribution in [0.2, 0.25) is 5.02 Å². The van der Waals surface area contributed by atoms with Crippen LogP contribution in [0.25, 0.3) is 0 Å². The van der Waals surface area contributed by atoms with Gasteiger partial charge >= 0.3 is 0 Å². The van der Waals surface area contributed by atoms with Crippen molar-refractivity contribution < 1.29 is 17.6 Å². The van der Waals surface area contributed by atoms with Crippen LogP contribution in [-0.4, -0.2) is 42.6 Å². The first-order chi connectivity index (χ1) is 13.3. The van der Waals surface area contributed by atoms with Crippen LogP contribution in [0, 0.1) is 12.7 Å². The normalized spacial score (nSPS) is 17.4. The lowest BCUT2D eigenvalue weighted by molar-refractivity contribution is -0.116. The fourth-order valence-electron chi connectivity index (χ4n) is 3.05. The molecule has 1 N–H and O–H groups in total. The van der Waals surface area contributed by atoms with Gasteiger partial charge in [0, 0.05) is 35.9 Å². The van der Waals surface area contributed by atoms with E-state index >= 15 is 0 Å². The van der Waals surface area contributed by atoms with Crippen LogP contribution >= 0.6 is 11.6 Å². The molecule has 0 aromatic heterocycles. The molecule has 0 atom stereocenters. The van der Waals surface area contributed by atoms with Crippen molar-refractivity contribution in [3.05, 3.63) is 64.4 Å². The molecule has 1 aliphatic rings. The number of nitrogens with zero attached hydrogens (tertiary/aromatic N) is 2. The standard InChI is InChI=1S/C19H21ClFN3O3S/c1-14-16(20)7-4-9-18(14)22-19(25)13-24-11-5-10-23(28(24,26)27)12-15-6-2-3-8-17(15)21/h2-4,6-9H,5,10-13H2,1H3,(H,22,25). The maximum absolute atomic E-state index is 13.9. The van der Waals surface area contributed by atoms with E-state index in [2.05, 4.69) is 5.32 Å². The Labute approximate surface area is 169 Å². The summed E-state index contributed by atoms with van der Waals surface area (Å²) in [6, 6.07) is 11.2. The smallest absolute Gasteiger partial charge is 0.282 e. The molecule has 0 aliphatic carbocycles. The predicted molar refractivity (Wildman–Crippen MR) is 107 cm³/mol. The summed E-state index contributed by atoms with van der Waals surface area (Å²) >= 11 is 6.05. The summed E-state index contributed by atoms with van der Waals surface area (Å²) in [5, 5.41) is 3.22. The Balaban J connectivity index is 1.70. The molecule has 0 unspecified atom stereocenters. The molecule has 150 valence electrons. The van der Waals surface area contributed by atoms with E-state index in [9.17, 15) is 17.6 Å². The Kier molecular flexibility index (Phi) is 6.34. The first-order valence-electron chi connectivity index (χ1n) is 8.82. The van der Waals surface area contributed by atoms with Gasteiger partial charge in [-0.05, 0) is 37.1 Å². The van der Waals surface area contributed by atoms with E-state index in [-0.39, 0.29) is 26.2 Å². The molecule has 0 spiro atoms. The second-order valence-corrected chi connectivity index (χ2v) is 8.92. The lowest BCUT2D eigenvalue weighted by Gasteiger charge is -2.34. The SMILES string of the molecule is Cc1c(Cl)cccc1NC(=O)CN1CCCN(Cc2ccccc2F)S1(=O)=O. The summed E-state index contributed by atoms with van der Waals surface area (Å²) in [7, 11) is -3.87. The summed E-state index contributed by atoms with van der Waals surface area (Å²) in [4.78, 5) is 12.4. The van der Waals surface area contributed by atoms with E-state index in [0.29, 0.717) is 28.3 Å². The minimum Gasteiger partial charge on any atom is -0.325 e. The van der Waals surface area contributed by atoms with Crippen LogP contribution in [0.3, 0.4) is 0 Å². The van der Waals surface area contributed by atoms with Gasteiger partial charge in [-0.25, -0.2) is 4.39 Å². The van der Waals surface area contributed by atoms with E-state index in [1.54, 1.807) is 43.3 Å². The third-order valence-electron chi connectivity index (χ3n) is 4.63. The highest BCUT2D eigenvalue weighted by molar-refractivity contribution is 7.86. The molecule has 2 aromatic rings. The number of halogens is 2. The van der Waals surface area contributed by atoms with Gasteiger partial charge in [0.15, 0.2) is 0 Å². The van der Waals surface area contributed by atoms with Crippen molar-refractivity contribution in [1.29, 1.82) is 0 Å². The van der Waals surface area contributed by atoms with Crippen LogP contribution in [0.15, 0.2) is 42.5 Å². The Morgan fingerprint density at radius 2 is 1.86 bits per heavy atom. The summed E-state index contributed by atoms with van der Waals surface area (Å²) in [5.41, 5.74) is 1.54. The Morgan fingerprint density at radius 3 is 2.61 bits per heavy atom. The third-order valence-corrected chi connectivity index (χ3v) is 6.97. The third kappa shape index (κ3) is 4.52. The van der Waals surface area contributed by atoms with E-state index in [4.69, 9.17) is 11.6 Å². The summed E-state index contributed by atoms with van der Waals surface area (Å²) < 4.78 is 42.0. The zero-order valence-corrected chi connectivity index (χ0v) is 16.9. The average Bonchev–Trinajstić information content (AvgIpc) is 2.64. The first-order valence-corrected chi connectivity index (χ1v) is 10.6. The predicted octanol–water partition coefficient (Wildman–Crippen LogP) is 3.18. The molecule has 1 amide bonds. The van der Waals surface area contributed by atoms with Gasteiger partial charge in [-0.15, -0.1) is 0 Å². The first kappa shape index (κ1) is 20.7. The number of carbonyl (C=O) groups is 1. The molecule has 0 saturated carbocycles. The lowest BCUT2D eigenvalue weighted by Crippen LogP contribution is -2.51. The maximum Gasteiger partial charge on any atom is 0.282 e. The molecule has 0 bridgehead atoms. The monoisotopic (exact) mass is 425 g/mol. The molecular weight excluding hydrogens is 405 g/mol. The number of hydrogen-bond donors (Lipinski definition) is 1. The van der Waals surface area contributed by atoms with Gasteiger partial charge in [0.25, 0.3) is 10.2 Å². The minimum absolute atomic E-state index is 0.0689. The summed E-state index contributed by atoms with van der Waals surface area (Å²) in [5.74, 6) is -0.911. The quantitative estimate of drug-likeness (QED) is 0.799. The van der Waals surface area contributed by atoms with Crippen molar-refractivity contribution in [1.82, 2.24) is 8.61 Å². The number of carbonyl (C=O) groups excluding carboxylic acids is 1. The number of anilines is 1. The minimum atomic E-state index is -3.87. The highest BCUT2D eigenvalue weighted by Gasteiger charge is 2.35. The van der Waals surface area contributed by atoms with Crippen molar-refractivity contribution in [3.63, 3.8) is 0 Å². The van der Waals surface area contributed by atoms with Gasteiger partial charge in [-0.1, -0.05) is 35.9 Å².